The van der Waals surface area contributed by atoms with E-state index < -0.39 is 36.4 Å². The highest BCUT2D eigenvalue weighted by molar-refractivity contribution is 5.64. The number of methoxy groups -OCH3 is 1. The third-order valence-electron chi connectivity index (χ3n) is 14.1. The maximum atomic E-state index is 11.8. The number of rotatable bonds is 19. The lowest BCUT2D eigenvalue weighted by molar-refractivity contribution is -0.154. The summed E-state index contributed by atoms with van der Waals surface area (Å²) in [5.74, 6) is 0.0196. The summed E-state index contributed by atoms with van der Waals surface area (Å²) >= 11 is 0. The summed E-state index contributed by atoms with van der Waals surface area (Å²) in [5.41, 5.74) is 5.46. The van der Waals surface area contributed by atoms with E-state index in [0.717, 1.165) is 94.4 Å². The van der Waals surface area contributed by atoms with E-state index >= 15 is 0 Å². The van der Waals surface area contributed by atoms with Crippen LogP contribution < -0.4 is 10.1 Å². The molecule has 9 atom stereocenters. The highest BCUT2D eigenvalue weighted by atomic mass is 16.5. The van der Waals surface area contributed by atoms with E-state index in [0.29, 0.717) is 36.3 Å². The van der Waals surface area contributed by atoms with Crippen LogP contribution in [0.25, 0.3) is 0 Å². The molecule has 11 heteroatoms. The third-order valence-corrected chi connectivity index (χ3v) is 14.1. The van der Waals surface area contributed by atoms with Gasteiger partial charge in [0.15, 0.2) is 11.5 Å². The van der Waals surface area contributed by atoms with Crippen LogP contribution in [0.15, 0.2) is 67.0 Å². The molecule has 2 aliphatic carbocycles. The van der Waals surface area contributed by atoms with Gasteiger partial charge in [0.05, 0.1) is 38.1 Å². The topological polar surface area (TPSA) is 177 Å². The van der Waals surface area contributed by atoms with Crippen molar-refractivity contribution in [1.29, 1.82) is 0 Å². The number of aliphatic hydroxyl groups excluding tert-OH is 3. The van der Waals surface area contributed by atoms with E-state index in [-0.39, 0.29) is 53.3 Å². The quantitative estimate of drug-likeness (QED) is 0.0342. The zero-order valence-electron chi connectivity index (χ0n) is 36.0. The van der Waals surface area contributed by atoms with Gasteiger partial charge in [-0.25, -0.2) is 0 Å². The van der Waals surface area contributed by atoms with Gasteiger partial charge in [0.1, 0.15) is 5.75 Å². The standard InChI is InChI=1S/C50H68N2O9/c1-3-60-23-7-20-51-21-18-32-10-14-36(42(54)16-11-31-8-5-4-6-9-31)38(24-32)39-26-34(13-17-43(39)55)35-12-15-37-44(56)28-46(61-45(37)27-35)47-40(25-33-19-22-52-29-33)50(59-2)49(58)48(57)41(47)30-53/h4-6,8-9,13,17,19,22,26,29,32,35-38,42,44-46,51-58H,3,7,10-12,14-16,18,20-21,23-25,27-28,30H2,1-2H3/t32-,35-,36-,37-,38+,42-,44+,45+,46+/m1/s1. The molecule has 0 bridgehead atoms. The lowest BCUT2D eigenvalue weighted by atomic mass is 9.66. The molecule has 8 N–H and O–H groups in total. The Hall–Kier alpha value is -4.10. The van der Waals surface area contributed by atoms with Crippen molar-refractivity contribution >= 4 is 0 Å². The fraction of sp³-hybridized carbons (Fsp3) is 0.560. The summed E-state index contributed by atoms with van der Waals surface area (Å²) in [7, 11) is 1.44. The number of aliphatic hydroxyl groups is 3. The van der Waals surface area contributed by atoms with Crippen molar-refractivity contribution in [2.24, 2.45) is 17.8 Å². The number of benzene rings is 3. The van der Waals surface area contributed by atoms with Crippen LogP contribution >= 0.6 is 0 Å². The first kappa shape index (κ1) is 44.9. The number of aromatic hydroxyl groups is 3. The number of phenolic OH excluding ortho intramolecular Hbond substituents is 2. The molecule has 0 unspecified atom stereocenters. The fourth-order valence-corrected chi connectivity index (χ4v) is 10.9. The molecule has 61 heavy (non-hydrogen) atoms. The molecule has 0 amide bonds. The molecule has 332 valence electrons. The molecule has 3 fully saturated rings. The number of H-pyrrole nitrogens is 1. The lowest BCUT2D eigenvalue weighted by Crippen LogP contribution is -2.44. The van der Waals surface area contributed by atoms with E-state index in [1.807, 2.05) is 55.7 Å². The Labute approximate surface area is 361 Å². The van der Waals surface area contributed by atoms with Crippen LogP contribution in [0.1, 0.15) is 128 Å². The van der Waals surface area contributed by atoms with Gasteiger partial charge in [-0.15, -0.1) is 0 Å². The van der Waals surface area contributed by atoms with E-state index in [1.165, 1.54) is 12.7 Å². The number of nitrogens with one attached hydrogen (secondary N) is 2. The average molecular weight is 841 g/mol. The van der Waals surface area contributed by atoms with Crippen molar-refractivity contribution in [3.63, 3.8) is 0 Å². The lowest BCUT2D eigenvalue weighted by Gasteiger charge is -2.46. The number of hydrogen-bond donors (Lipinski definition) is 8. The second-order valence-corrected chi connectivity index (χ2v) is 17.7. The van der Waals surface area contributed by atoms with Crippen LogP contribution in [-0.4, -0.2) is 87.3 Å². The normalized spacial score (nSPS) is 25.9. The van der Waals surface area contributed by atoms with E-state index in [9.17, 15) is 30.6 Å². The zero-order chi connectivity index (χ0) is 42.9. The molecule has 1 aromatic heterocycles. The SMILES string of the molecule is CCOCCCNCC[C@H]1CC[C@@H]([C@H](O)CCc2ccccc2)[C@@H](c2cc([C@@H]3CC[C@H]4[C@H](C3)O[C@H](c3c(CO)c(O)c(O)c(OC)c3Cc3cc[nH]c3)C[C@@H]4O)ccc2O)C1. The van der Waals surface area contributed by atoms with Crippen molar-refractivity contribution in [3.05, 3.63) is 106 Å². The number of aromatic nitrogens is 1. The van der Waals surface area contributed by atoms with Crippen LogP contribution in [-0.2, 0) is 28.9 Å². The summed E-state index contributed by atoms with van der Waals surface area (Å²) < 4.78 is 18.1. The van der Waals surface area contributed by atoms with Crippen molar-refractivity contribution in [1.82, 2.24) is 10.3 Å². The molecule has 0 spiro atoms. The number of phenols is 3. The third kappa shape index (κ3) is 10.6. The van der Waals surface area contributed by atoms with Gasteiger partial charge in [0.2, 0.25) is 5.75 Å². The summed E-state index contributed by atoms with van der Waals surface area (Å²) in [4.78, 5) is 3.07. The van der Waals surface area contributed by atoms with Crippen LogP contribution in [0, 0.1) is 17.8 Å². The minimum Gasteiger partial charge on any atom is -0.508 e. The molecular weight excluding hydrogens is 773 g/mol. The van der Waals surface area contributed by atoms with Gasteiger partial charge >= 0.3 is 0 Å². The van der Waals surface area contributed by atoms with Crippen molar-refractivity contribution in [2.75, 3.05) is 33.4 Å². The fourth-order valence-electron chi connectivity index (χ4n) is 10.9. The highest BCUT2D eigenvalue weighted by Crippen LogP contribution is 2.53. The van der Waals surface area contributed by atoms with Gasteiger partial charge < -0.3 is 55.2 Å². The van der Waals surface area contributed by atoms with Gasteiger partial charge in [0.25, 0.3) is 0 Å². The van der Waals surface area contributed by atoms with Crippen molar-refractivity contribution < 1.29 is 44.8 Å². The van der Waals surface area contributed by atoms with Crippen molar-refractivity contribution in [2.45, 2.75) is 127 Å². The zero-order valence-corrected chi connectivity index (χ0v) is 36.0. The molecule has 11 nitrogen and oxygen atoms in total. The minimum absolute atomic E-state index is 0.00315. The number of hydrogen-bond acceptors (Lipinski definition) is 10. The van der Waals surface area contributed by atoms with Crippen molar-refractivity contribution in [3.8, 4) is 23.0 Å². The van der Waals surface area contributed by atoms with Crippen LogP contribution in [0.4, 0.5) is 0 Å². The Balaban J connectivity index is 1.12. The highest BCUT2D eigenvalue weighted by Gasteiger charge is 2.45. The Morgan fingerprint density at radius 3 is 2.51 bits per heavy atom. The molecular formula is C50H68N2O9. The van der Waals surface area contributed by atoms with Crippen LogP contribution in [0.5, 0.6) is 23.0 Å². The number of aryl methyl sites for hydroxylation is 1. The second kappa shape index (κ2) is 21.3. The monoisotopic (exact) mass is 840 g/mol. The van der Waals surface area contributed by atoms with E-state index in [4.69, 9.17) is 14.2 Å². The number of aromatic amines is 1. The number of ether oxygens (including phenoxy) is 3. The predicted octanol–water partition coefficient (Wildman–Crippen LogP) is 7.90. The average Bonchev–Trinajstić information content (AvgIpc) is 3.80. The smallest absolute Gasteiger partial charge is 0.201 e. The summed E-state index contributed by atoms with van der Waals surface area (Å²) in [6.07, 6.45) is 10.7. The molecule has 2 heterocycles. The predicted molar refractivity (Wildman–Crippen MR) is 235 cm³/mol. The number of fused-ring (bicyclic) bond motifs is 1. The summed E-state index contributed by atoms with van der Waals surface area (Å²) in [6.45, 7) is 4.84. The molecule has 1 saturated heterocycles. The molecule has 7 rings (SSSR count). The maximum absolute atomic E-state index is 11.8. The molecule has 3 aromatic carbocycles. The first-order valence-electron chi connectivity index (χ1n) is 22.7. The van der Waals surface area contributed by atoms with Gasteiger partial charge in [-0.3, -0.25) is 0 Å². The van der Waals surface area contributed by atoms with E-state index in [2.05, 4.69) is 28.5 Å². The Bertz CT molecular complexity index is 1970. The Morgan fingerprint density at radius 2 is 1.75 bits per heavy atom. The molecule has 1 aliphatic heterocycles. The van der Waals surface area contributed by atoms with Gasteiger partial charge in [-0.1, -0.05) is 42.5 Å². The van der Waals surface area contributed by atoms with Gasteiger partial charge in [-0.2, -0.15) is 0 Å². The molecule has 4 aromatic rings. The van der Waals surface area contributed by atoms with Crippen LogP contribution in [0.3, 0.4) is 0 Å². The van der Waals surface area contributed by atoms with E-state index in [1.54, 1.807) is 0 Å². The Morgan fingerprint density at radius 1 is 0.918 bits per heavy atom. The minimum atomic E-state index is -0.676. The first-order valence-corrected chi connectivity index (χ1v) is 22.7. The first-order chi connectivity index (χ1) is 29.7. The maximum Gasteiger partial charge on any atom is 0.201 e. The van der Waals surface area contributed by atoms with Crippen LogP contribution in [0.2, 0.25) is 0 Å². The van der Waals surface area contributed by atoms with Gasteiger partial charge in [-0.05, 0) is 148 Å². The summed E-state index contributed by atoms with van der Waals surface area (Å²) in [5, 5.41) is 71.4. The largest absolute Gasteiger partial charge is 0.508 e. The molecule has 0 radical (unpaired) electrons. The Kier molecular flexibility index (Phi) is 15.7. The van der Waals surface area contributed by atoms with Gasteiger partial charge in [0, 0.05) is 55.5 Å². The molecule has 3 aliphatic rings. The summed E-state index contributed by atoms with van der Waals surface area (Å²) in [6, 6.07) is 18.3. The second-order valence-electron chi connectivity index (χ2n) is 17.7. The molecule has 2 saturated carbocycles.